The molecule has 0 aromatic carbocycles. The average molecular weight is 806 g/mol. The zero-order valence-corrected chi connectivity index (χ0v) is 36.8. The van der Waals surface area contributed by atoms with Crippen LogP contribution in [0.2, 0.25) is 0 Å². The number of hydrogen-bond donors (Lipinski definition) is 7. The van der Waals surface area contributed by atoms with Crippen molar-refractivity contribution in [1.29, 1.82) is 0 Å². The maximum absolute atomic E-state index is 14.3. The van der Waals surface area contributed by atoms with Gasteiger partial charge in [-0.25, -0.2) is 0 Å². The van der Waals surface area contributed by atoms with Crippen LogP contribution < -0.4 is 10.6 Å². The van der Waals surface area contributed by atoms with Crippen molar-refractivity contribution in [1.82, 2.24) is 15.5 Å². The minimum Gasteiger partial charge on any atom is -0.429 e. The van der Waals surface area contributed by atoms with Crippen LogP contribution in [0.1, 0.15) is 115 Å². The number of nitrogens with zero attached hydrogens (tertiary/aromatic N) is 1. The molecule has 330 valence electrons. The number of rotatable bonds is 11. The first-order valence-electron chi connectivity index (χ1n) is 20.9. The molecule has 15 nitrogen and oxygen atoms in total. The zero-order valence-electron chi connectivity index (χ0n) is 36.8. The highest BCUT2D eigenvalue weighted by Gasteiger charge is 2.62. The van der Waals surface area contributed by atoms with Gasteiger partial charge in [-0.1, -0.05) is 34.6 Å². The van der Waals surface area contributed by atoms with E-state index in [4.69, 9.17) is 28.4 Å². The van der Waals surface area contributed by atoms with Crippen molar-refractivity contribution in [3.8, 4) is 0 Å². The Morgan fingerprint density at radius 2 is 1.61 bits per heavy atom. The summed E-state index contributed by atoms with van der Waals surface area (Å²) in [5, 5.41) is 66.3. The lowest BCUT2D eigenvalue weighted by molar-refractivity contribution is -0.400. The zero-order chi connectivity index (χ0) is 42.6. The van der Waals surface area contributed by atoms with E-state index in [1.54, 1.807) is 41.5 Å². The number of nitrogens with one attached hydrogen (secondary N) is 2. The molecule has 0 amide bonds. The van der Waals surface area contributed by atoms with Gasteiger partial charge in [-0.2, -0.15) is 0 Å². The summed E-state index contributed by atoms with van der Waals surface area (Å²) in [5.41, 5.74) is -6.25. The van der Waals surface area contributed by atoms with Crippen LogP contribution >= 0.6 is 0 Å². The summed E-state index contributed by atoms with van der Waals surface area (Å²) < 4.78 is 37.9. The van der Waals surface area contributed by atoms with Gasteiger partial charge in [0.15, 0.2) is 18.2 Å². The van der Waals surface area contributed by atoms with Gasteiger partial charge in [0.2, 0.25) is 5.79 Å². The number of methoxy groups -OCH3 is 1. The Labute approximate surface area is 336 Å². The van der Waals surface area contributed by atoms with E-state index in [1.807, 2.05) is 46.7 Å². The summed E-state index contributed by atoms with van der Waals surface area (Å²) in [5.74, 6) is -4.23. The van der Waals surface area contributed by atoms with E-state index in [9.17, 15) is 30.3 Å². The van der Waals surface area contributed by atoms with E-state index in [0.717, 1.165) is 6.42 Å². The molecule has 0 spiro atoms. The van der Waals surface area contributed by atoms with Gasteiger partial charge in [0.1, 0.15) is 23.4 Å². The van der Waals surface area contributed by atoms with Crippen molar-refractivity contribution in [2.75, 3.05) is 40.8 Å². The Kier molecular flexibility index (Phi) is 17.2. The number of cyclic esters (lactones) is 1. The maximum Gasteiger partial charge on any atom is 0.311 e. The minimum absolute atomic E-state index is 0.0119. The number of aliphatic hydroxyl groups excluding tert-OH is 2. The standard InChI is InChI=1S/C41H79N3O12/c1-15-17-42-23-40(50)29(8)53-31(21-38(40,10)51-14)55-41(16-2)39(11,49)33(46)28(7)43-22-24(3)20-37(9,48)34(25(4)18-26(5)35(47)56-41)54-36-32(45)30(44(12)13)19-27(6)52-36/h24-34,36,42-43,45-46,48-50H,15-23H2,1-14H3/t24?,25?,26?,27-,28?,29+,30+,31+,32-,33?,34?,36+,37?,38-,39?,40+,41?/m1/s1. The Balaban J connectivity index is 2.04. The molecule has 15 heteroatoms. The summed E-state index contributed by atoms with van der Waals surface area (Å²) in [6.07, 6.45) is -4.65. The molecule has 3 rings (SSSR count). The second kappa shape index (κ2) is 19.6. The first-order valence-corrected chi connectivity index (χ1v) is 20.9. The van der Waals surface area contributed by atoms with Crippen LogP contribution in [0.25, 0.3) is 0 Å². The quantitative estimate of drug-likeness (QED) is 0.118. The fourth-order valence-corrected chi connectivity index (χ4v) is 9.24. The van der Waals surface area contributed by atoms with E-state index in [0.29, 0.717) is 19.5 Å². The average Bonchev–Trinajstić information content (AvgIpc) is 3.11. The highest BCUT2D eigenvalue weighted by molar-refractivity contribution is 5.72. The van der Waals surface area contributed by atoms with Gasteiger partial charge in [0.25, 0.3) is 0 Å². The molecule has 3 heterocycles. The van der Waals surface area contributed by atoms with E-state index >= 15 is 0 Å². The van der Waals surface area contributed by atoms with E-state index in [-0.39, 0.29) is 50.3 Å². The molecule has 56 heavy (non-hydrogen) atoms. The molecule has 0 bridgehead atoms. The highest BCUT2D eigenvalue weighted by atomic mass is 16.8. The molecule has 0 radical (unpaired) electrons. The van der Waals surface area contributed by atoms with E-state index < -0.39 is 89.0 Å². The Morgan fingerprint density at radius 1 is 0.964 bits per heavy atom. The number of hydrogen-bond acceptors (Lipinski definition) is 15. The lowest BCUT2D eigenvalue weighted by Crippen LogP contribution is -2.72. The van der Waals surface area contributed by atoms with Gasteiger partial charge in [-0.3, -0.25) is 4.79 Å². The predicted octanol–water partition coefficient (Wildman–Crippen LogP) is 2.28. The van der Waals surface area contributed by atoms with E-state index in [2.05, 4.69) is 10.6 Å². The molecular weight excluding hydrogens is 726 g/mol. The predicted molar refractivity (Wildman–Crippen MR) is 211 cm³/mol. The summed E-state index contributed by atoms with van der Waals surface area (Å²) in [7, 11) is 5.30. The molecule has 0 aromatic rings. The van der Waals surface area contributed by atoms with Gasteiger partial charge >= 0.3 is 5.97 Å². The fraction of sp³-hybridized carbons (Fsp3) is 0.976. The van der Waals surface area contributed by atoms with Crippen molar-refractivity contribution < 1.29 is 58.7 Å². The SMILES string of the molecule is CCCNC[C@]1(O)[C@H](C)O[C@@H](OC2(CC)OC(=O)C(C)CC(C)C(O[C@@H]3O[C@H](C)C[C@H](N(C)C)[C@H]3O)C(C)(O)CC(C)CNC(C)C(O)C2(C)O)C[C@@]1(C)OC. The second-order valence-corrected chi connectivity index (χ2v) is 18.3. The highest BCUT2D eigenvalue weighted by Crippen LogP contribution is 2.45. The van der Waals surface area contributed by atoms with Crippen LogP contribution in [0.3, 0.4) is 0 Å². The summed E-state index contributed by atoms with van der Waals surface area (Å²) in [6.45, 7) is 20.7. The molecular formula is C41H79N3O12. The van der Waals surface area contributed by atoms with Crippen molar-refractivity contribution >= 4 is 5.97 Å². The van der Waals surface area contributed by atoms with Gasteiger partial charge in [0.05, 0.1) is 29.8 Å². The molecule has 3 fully saturated rings. The topological polar surface area (TPSA) is 201 Å². The molecule has 3 saturated heterocycles. The molecule has 3 aliphatic heterocycles. The first-order chi connectivity index (χ1) is 25.8. The van der Waals surface area contributed by atoms with Crippen molar-refractivity contribution in [3.05, 3.63) is 0 Å². The molecule has 17 atom stereocenters. The Bertz CT molecular complexity index is 1240. The number of aliphatic hydroxyl groups is 5. The Hall–Kier alpha value is -1.05. The maximum atomic E-state index is 14.3. The molecule has 0 aliphatic carbocycles. The number of carbonyl (C=O) groups is 1. The lowest BCUT2D eigenvalue weighted by Gasteiger charge is -2.55. The van der Waals surface area contributed by atoms with Crippen LogP contribution in [0, 0.1) is 17.8 Å². The Morgan fingerprint density at radius 3 is 2.18 bits per heavy atom. The van der Waals surface area contributed by atoms with E-state index in [1.165, 1.54) is 14.0 Å². The smallest absolute Gasteiger partial charge is 0.311 e. The molecule has 0 saturated carbocycles. The third-order valence-electron chi connectivity index (χ3n) is 13.0. The fourth-order valence-electron chi connectivity index (χ4n) is 9.24. The summed E-state index contributed by atoms with van der Waals surface area (Å²) in [6, 6.07) is -0.963. The van der Waals surface area contributed by atoms with Gasteiger partial charge in [-0.05, 0) is 106 Å². The lowest BCUT2D eigenvalue weighted by atomic mass is 9.75. The summed E-state index contributed by atoms with van der Waals surface area (Å²) >= 11 is 0. The van der Waals surface area contributed by atoms with Crippen LogP contribution in [-0.2, 0) is 33.2 Å². The van der Waals surface area contributed by atoms with Crippen molar-refractivity contribution in [2.24, 2.45) is 17.8 Å². The van der Waals surface area contributed by atoms with Crippen molar-refractivity contribution in [3.63, 3.8) is 0 Å². The minimum atomic E-state index is -2.18. The number of ether oxygens (including phenoxy) is 6. The van der Waals surface area contributed by atoms with Crippen LogP contribution in [0.15, 0.2) is 0 Å². The van der Waals surface area contributed by atoms with Gasteiger partial charge in [0, 0.05) is 38.6 Å². The van der Waals surface area contributed by atoms with Crippen LogP contribution in [0.5, 0.6) is 0 Å². The molecule has 3 aliphatic rings. The molecule has 0 aromatic heterocycles. The normalized spacial score (nSPS) is 47.9. The van der Waals surface area contributed by atoms with Gasteiger partial charge in [-0.15, -0.1) is 0 Å². The van der Waals surface area contributed by atoms with Crippen LogP contribution in [-0.4, -0.2) is 161 Å². The monoisotopic (exact) mass is 806 g/mol. The number of esters is 1. The number of likely N-dealkylation sites (N-methyl/N-ethyl adjacent to an activating group) is 1. The largest absolute Gasteiger partial charge is 0.429 e. The third-order valence-corrected chi connectivity index (χ3v) is 13.0. The second-order valence-electron chi connectivity index (χ2n) is 18.3. The third kappa shape index (κ3) is 10.6. The van der Waals surface area contributed by atoms with Crippen LogP contribution in [0.4, 0.5) is 0 Å². The van der Waals surface area contributed by atoms with Gasteiger partial charge < -0.3 is 69.5 Å². The first kappa shape index (κ1) is 49.3. The summed E-state index contributed by atoms with van der Waals surface area (Å²) in [4.78, 5) is 16.3. The molecule has 9 unspecified atom stereocenters. The number of carbonyl (C=O) groups excluding carboxylic acids is 1. The van der Waals surface area contributed by atoms with Crippen molar-refractivity contribution in [2.45, 2.75) is 198 Å². The molecule has 7 N–H and O–H groups in total.